The molecular weight excluding hydrogens is 636 g/mol. The van der Waals surface area contributed by atoms with Crippen LogP contribution in [0.1, 0.15) is 44.8 Å². The molecule has 0 spiro atoms. The highest BCUT2D eigenvalue weighted by Crippen LogP contribution is 2.35. The van der Waals surface area contributed by atoms with Gasteiger partial charge in [-0.15, -0.1) is 21.5 Å². The van der Waals surface area contributed by atoms with Crippen LogP contribution in [0.15, 0.2) is 104 Å². The Morgan fingerprint density at radius 2 is 1.88 bits per heavy atom. The number of aryl methyl sites for hydroxylation is 1. The Bertz CT molecular complexity index is 1720. The van der Waals surface area contributed by atoms with Crippen LogP contribution in [-0.4, -0.2) is 43.1 Å². The van der Waals surface area contributed by atoms with E-state index in [1.54, 1.807) is 28.5 Å². The van der Waals surface area contributed by atoms with Gasteiger partial charge in [-0.25, -0.2) is 5.01 Å². The summed E-state index contributed by atoms with van der Waals surface area (Å²) >= 11 is 6.38. The summed E-state index contributed by atoms with van der Waals surface area (Å²) in [6.07, 6.45) is 2.09. The van der Waals surface area contributed by atoms with Crippen molar-refractivity contribution >= 4 is 56.6 Å². The molecule has 3 aromatic heterocycles. The van der Waals surface area contributed by atoms with Crippen LogP contribution in [0.2, 0.25) is 0 Å². The third-order valence-electron chi connectivity index (χ3n) is 6.70. The molecule has 6 rings (SSSR count). The van der Waals surface area contributed by atoms with Crippen LogP contribution in [0.4, 0.5) is 0 Å². The van der Waals surface area contributed by atoms with E-state index in [0.29, 0.717) is 17.4 Å². The van der Waals surface area contributed by atoms with Gasteiger partial charge in [-0.05, 0) is 60.3 Å². The Balaban J connectivity index is 1.24. The van der Waals surface area contributed by atoms with Crippen molar-refractivity contribution in [1.29, 1.82) is 0 Å². The quantitative estimate of drug-likeness (QED) is 0.184. The average molecular weight is 662 g/mol. The number of thioether (sulfide) groups is 1. The summed E-state index contributed by atoms with van der Waals surface area (Å²) in [5, 5.41) is 20.5. The third kappa shape index (κ3) is 6.10. The van der Waals surface area contributed by atoms with Crippen LogP contribution in [0.25, 0.3) is 5.69 Å². The summed E-state index contributed by atoms with van der Waals surface area (Å²) < 4.78 is 7.96. The highest BCUT2D eigenvalue weighted by atomic mass is 79.9. The second-order valence-electron chi connectivity index (χ2n) is 9.55. The summed E-state index contributed by atoms with van der Waals surface area (Å²) in [6, 6.07) is 23.0. The molecule has 9 nitrogen and oxygen atoms in total. The molecule has 5 aromatic rings. The number of rotatable bonds is 9. The molecule has 1 atom stereocenters. The first-order chi connectivity index (χ1) is 20.5. The number of aromatic nitrogens is 3. The predicted molar refractivity (Wildman–Crippen MR) is 166 cm³/mol. The second kappa shape index (κ2) is 12.5. The number of thiophene rings is 1. The number of hydrogen-bond acceptors (Lipinski definition) is 8. The van der Waals surface area contributed by atoms with Crippen LogP contribution in [0, 0.1) is 6.92 Å². The minimum absolute atomic E-state index is 0.108. The number of nitrogens with one attached hydrogen (secondary N) is 1. The molecule has 42 heavy (non-hydrogen) atoms. The fourth-order valence-electron chi connectivity index (χ4n) is 4.58. The first-order valence-electron chi connectivity index (χ1n) is 13.1. The van der Waals surface area contributed by atoms with Gasteiger partial charge < -0.3 is 9.73 Å². The summed E-state index contributed by atoms with van der Waals surface area (Å²) in [6.45, 7) is 2.16. The number of amides is 2. The molecule has 0 saturated heterocycles. The minimum Gasteiger partial charge on any atom is -0.459 e. The van der Waals surface area contributed by atoms with Gasteiger partial charge in [0.1, 0.15) is 0 Å². The largest absolute Gasteiger partial charge is 0.459 e. The standard InChI is InChI=1S/C30H25BrN6O3S2/c1-19-6-8-20(9-7-19)24-16-23(26-5-3-15-41-26)35-37(24)28(38)18-42-30-34-33-27(17-32-29(39)25-4-2-14-40-25)36(30)22-12-10-21(31)11-13-22/h2-15,24H,16-18H2,1H3,(H,32,39)/t24-/m0/s1. The number of nitrogens with zero attached hydrogens (tertiary/aromatic N) is 5. The molecule has 0 radical (unpaired) electrons. The fourth-order valence-corrected chi connectivity index (χ4v) is 6.39. The normalized spacial score (nSPS) is 14.7. The van der Waals surface area contributed by atoms with E-state index < -0.39 is 0 Å². The Labute approximate surface area is 258 Å². The zero-order chi connectivity index (χ0) is 29.1. The van der Waals surface area contributed by atoms with Crippen LogP contribution in [0.3, 0.4) is 0 Å². The van der Waals surface area contributed by atoms with Gasteiger partial charge in [-0.1, -0.05) is 63.6 Å². The molecular formula is C30H25BrN6O3S2. The maximum atomic E-state index is 13.7. The summed E-state index contributed by atoms with van der Waals surface area (Å²) in [7, 11) is 0. The van der Waals surface area contributed by atoms with Gasteiger partial charge in [0.25, 0.3) is 11.8 Å². The maximum absolute atomic E-state index is 13.7. The zero-order valence-corrected chi connectivity index (χ0v) is 25.7. The van der Waals surface area contributed by atoms with E-state index in [0.717, 1.165) is 31.9 Å². The van der Waals surface area contributed by atoms with E-state index in [4.69, 9.17) is 9.52 Å². The molecule has 2 aromatic carbocycles. The topological polar surface area (TPSA) is 106 Å². The lowest BCUT2D eigenvalue weighted by Crippen LogP contribution is -2.28. The van der Waals surface area contributed by atoms with Gasteiger partial charge in [-0.3, -0.25) is 14.2 Å². The van der Waals surface area contributed by atoms with Crippen molar-refractivity contribution in [3.8, 4) is 5.69 Å². The molecule has 0 unspecified atom stereocenters. The lowest BCUT2D eigenvalue weighted by molar-refractivity contribution is -0.130. The number of hydrazone groups is 1. The van der Waals surface area contributed by atoms with Gasteiger partial charge >= 0.3 is 0 Å². The lowest BCUT2D eigenvalue weighted by atomic mass is 10.00. The van der Waals surface area contributed by atoms with Gasteiger partial charge in [0.05, 0.1) is 35.2 Å². The Kier molecular flexibility index (Phi) is 8.36. The molecule has 0 saturated carbocycles. The van der Waals surface area contributed by atoms with Gasteiger partial charge in [-0.2, -0.15) is 5.10 Å². The zero-order valence-electron chi connectivity index (χ0n) is 22.4. The van der Waals surface area contributed by atoms with Crippen LogP contribution >= 0.6 is 39.0 Å². The maximum Gasteiger partial charge on any atom is 0.287 e. The molecule has 1 aliphatic rings. The molecule has 1 aliphatic heterocycles. The highest BCUT2D eigenvalue weighted by molar-refractivity contribution is 9.10. The molecule has 0 fully saturated rings. The van der Waals surface area contributed by atoms with E-state index >= 15 is 0 Å². The molecule has 212 valence electrons. The highest BCUT2D eigenvalue weighted by Gasteiger charge is 2.33. The number of halogens is 1. The molecule has 0 aliphatic carbocycles. The molecule has 2 amide bonds. The minimum atomic E-state index is -0.356. The smallest absolute Gasteiger partial charge is 0.287 e. The van der Waals surface area contributed by atoms with E-state index in [9.17, 15) is 9.59 Å². The van der Waals surface area contributed by atoms with Crippen molar-refractivity contribution in [2.45, 2.75) is 31.1 Å². The van der Waals surface area contributed by atoms with Crippen molar-refractivity contribution < 1.29 is 14.0 Å². The van der Waals surface area contributed by atoms with Gasteiger partial charge in [0.15, 0.2) is 16.7 Å². The number of carbonyl (C=O) groups excluding carboxylic acids is 2. The third-order valence-corrected chi connectivity index (χ3v) is 9.06. The lowest BCUT2D eigenvalue weighted by Gasteiger charge is -2.22. The molecule has 12 heteroatoms. The number of carbonyl (C=O) groups is 2. The van der Waals surface area contributed by atoms with Crippen molar-refractivity contribution in [3.63, 3.8) is 0 Å². The first kappa shape index (κ1) is 28.1. The molecule has 1 N–H and O–H groups in total. The van der Waals surface area contributed by atoms with Crippen molar-refractivity contribution in [2.75, 3.05) is 5.75 Å². The summed E-state index contributed by atoms with van der Waals surface area (Å²) in [5.41, 5.74) is 3.91. The summed E-state index contributed by atoms with van der Waals surface area (Å²) in [4.78, 5) is 27.2. The number of hydrogen-bond donors (Lipinski definition) is 1. The molecule has 4 heterocycles. The van der Waals surface area contributed by atoms with Crippen molar-refractivity contribution in [3.05, 3.63) is 117 Å². The van der Waals surface area contributed by atoms with Crippen molar-refractivity contribution in [1.82, 2.24) is 25.1 Å². The van der Waals surface area contributed by atoms with Gasteiger partial charge in [0, 0.05) is 16.6 Å². The van der Waals surface area contributed by atoms with Gasteiger partial charge in [0.2, 0.25) is 0 Å². The summed E-state index contributed by atoms with van der Waals surface area (Å²) in [5.74, 6) is 0.349. The van der Waals surface area contributed by atoms with Crippen LogP contribution in [0.5, 0.6) is 0 Å². The molecule has 0 bridgehead atoms. The number of benzene rings is 2. The van der Waals surface area contributed by atoms with Crippen LogP contribution < -0.4 is 5.32 Å². The SMILES string of the molecule is Cc1ccc([C@@H]2CC(c3cccs3)=NN2C(=O)CSc2nnc(CNC(=O)c3ccco3)n2-c2ccc(Br)cc2)cc1. The Hall–Kier alpha value is -4.00. The van der Waals surface area contributed by atoms with E-state index in [1.807, 2.05) is 53.3 Å². The van der Waals surface area contributed by atoms with Crippen molar-refractivity contribution in [2.24, 2.45) is 5.10 Å². The van der Waals surface area contributed by atoms with E-state index in [-0.39, 0.29) is 35.9 Å². The van der Waals surface area contributed by atoms with E-state index in [1.165, 1.54) is 18.0 Å². The number of furan rings is 1. The van der Waals surface area contributed by atoms with E-state index in [2.05, 4.69) is 55.7 Å². The Morgan fingerprint density at radius 1 is 1.07 bits per heavy atom. The Morgan fingerprint density at radius 3 is 2.60 bits per heavy atom. The first-order valence-corrected chi connectivity index (χ1v) is 15.8. The fraction of sp³-hybridized carbons (Fsp3) is 0.167. The monoisotopic (exact) mass is 660 g/mol. The predicted octanol–water partition coefficient (Wildman–Crippen LogP) is 6.39. The average Bonchev–Trinajstić information content (AvgIpc) is 3.82. The van der Waals surface area contributed by atoms with Crippen LogP contribution in [-0.2, 0) is 11.3 Å². The second-order valence-corrected chi connectivity index (χ2v) is 12.4.